The van der Waals surface area contributed by atoms with Crippen molar-refractivity contribution in [1.29, 1.82) is 0 Å². The lowest BCUT2D eigenvalue weighted by molar-refractivity contribution is -0.127. The number of halogens is 2. The van der Waals surface area contributed by atoms with E-state index in [1.807, 2.05) is 60.7 Å². The van der Waals surface area contributed by atoms with Crippen LogP contribution in [0.3, 0.4) is 0 Å². The van der Waals surface area contributed by atoms with E-state index < -0.39 is 23.6 Å². The molecule has 0 aliphatic carbocycles. The molecule has 138 valence electrons. The smallest absolute Gasteiger partial charge is 0.261 e. The van der Waals surface area contributed by atoms with Crippen molar-refractivity contribution < 1.29 is 18.3 Å². The van der Waals surface area contributed by atoms with Gasteiger partial charge < -0.3 is 10.1 Å². The fourth-order valence-electron chi connectivity index (χ4n) is 2.72. The molecule has 0 aliphatic rings. The van der Waals surface area contributed by atoms with Crippen molar-refractivity contribution in [3.8, 4) is 5.75 Å². The molecule has 1 N–H and O–H groups in total. The molecule has 3 nitrogen and oxygen atoms in total. The summed E-state index contributed by atoms with van der Waals surface area (Å²) in [4.78, 5) is 12.7. The van der Waals surface area contributed by atoms with Crippen LogP contribution < -0.4 is 10.1 Å². The van der Waals surface area contributed by atoms with Gasteiger partial charge in [0.2, 0.25) is 0 Å². The molecule has 1 amide bonds. The van der Waals surface area contributed by atoms with E-state index in [1.54, 1.807) is 0 Å². The molecule has 0 fully saturated rings. The fraction of sp³-hybridized carbons (Fsp3) is 0.136. The second-order valence-corrected chi connectivity index (χ2v) is 6.10. The minimum atomic E-state index is -0.958. The summed E-state index contributed by atoms with van der Waals surface area (Å²) in [5.41, 5.74) is 1.83. The maximum atomic E-state index is 13.8. The molecule has 1 atom stereocenters. The molecule has 0 aromatic heterocycles. The number of ether oxygens (including phenoxy) is 1. The van der Waals surface area contributed by atoms with E-state index in [0.717, 1.165) is 23.3 Å². The lowest BCUT2D eigenvalue weighted by Crippen LogP contribution is -2.39. The Labute approximate surface area is 156 Å². The first-order valence-corrected chi connectivity index (χ1v) is 8.56. The molecule has 27 heavy (non-hydrogen) atoms. The molecule has 0 aliphatic heterocycles. The van der Waals surface area contributed by atoms with Crippen LogP contribution in [0.1, 0.15) is 24.1 Å². The number of hydrogen-bond donors (Lipinski definition) is 1. The lowest BCUT2D eigenvalue weighted by atomic mass is 9.98. The van der Waals surface area contributed by atoms with Crippen LogP contribution in [0.4, 0.5) is 8.78 Å². The first kappa shape index (κ1) is 18.6. The van der Waals surface area contributed by atoms with E-state index in [2.05, 4.69) is 5.32 Å². The van der Waals surface area contributed by atoms with Gasteiger partial charge in [-0.25, -0.2) is 8.78 Å². The number of carbonyl (C=O) groups is 1. The molecule has 5 heteroatoms. The second kappa shape index (κ2) is 8.45. The van der Waals surface area contributed by atoms with Gasteiger partial charge in [-0.2, -0.15) is 0 Å². The van der Waals surface area contributed by atoms with Crippen LogP contribution in [0.5, 0.6) is 5.75 Å². The first-order valence-electron chi connectivity index (χ1n) is 8.56. The fourth-order valence-corrected chi connectivity index (χ4v) is 2.72. The van der Waals surface area contributed by atoms with Crippen LogP contribution in [0.15, 0.2) is 78.9 Å². The molecule has 3 aromatic rings. The van der Waals surface area contributed by atoms with Gasteiger partial charge in [-0.1, -0.05) is 60.7 Å². The van der Waals surface area contributed by atoms with Gasteiger partial charge in [-0.15, -0.1) is 0 Å². The van der Waals surface area contributed by atoms with Crippen molar-refractivity contribution in [2.45, 2.75) is 19.1 Å². The summed E-state index contributed by atoms with van der Waals surface area (Å²) < 4.78 is 32.2. The van der Waals surface area contributed by atoms with Crippen LogP contribution in [-0.4, -0.2) is 12.0 Å². The number of nitrogens with one attached hydrogen (secondary N) is 1. The molecule has 0 radical (unpaired) electrons. The van der Waals surface area contributed by atoms with Gasteiger partial charge in [0.25, 0.3) is 5.91 Å². The van der Waals surface area contributed by atoms with Crippen LogP contribution >= 0.6 is 0 Å². The van der Waals surface area contributed by atoms with Crippen molar-refractivity contribution in [3.63, 3.8) is 0 Å². The summed E-state index contributed by atoms with van der Waals surface area (Å²) in [6.07, 6.45) is -0.958. The molecule has 0 saturated heterocycles. The zero-order valence-electron chi connectivity index (χ0n) is 14.7. The highest BCUT2D eigenvalue weighted by atomic mass is 19.1. The van der Waals surface area contributed by atoms with E-state index in [-0.39, 0.29) is 11.8 Å². The number of hydrogen-bond acceptors (Lipinski definition) is 2. The zero-order chi connectivity index (χ0) is 19.2. The zero-order valence-corrected chi connectivity index (χ0v) is 14.7. The highest BCUT2D eigenvalue weighted by Gasteiger charge is 2.22. The van der Waals surface area contributed by atoms with Gasteiger partial charge >= 0.3 is 0 Å². The van der Waals surface area contributed by atoms with Gasteiger partial charge in [0.05, 0.1) is 6.04 Å². The standard InChI is InChI=1S/C22H19F2NO2/c1-15(27-20-13-12-18(23)14-19(20)24)22(26)25-21(16-8-4-2-5-9-16)17-10-6-3-7-11-17/h2-15,21H,1H3,(H,25,26). The van der Waals surface area contributed by atoms with Gasteiger partial charge in [0, 0.05) is 6.07 Å². The summed E-state index contributed by atoms with van der Waals surface area (Å²) in [5, 5.41) is 2.94. The highest BCUT2D eigenvalue weighted by molar-refractivity contribution is 5.81. The van der Waals surface area contributed by atoms with Crippen molar-refractivity contribution in [2.24, 2.45) is 0 Å². The van der Waals surface area contributed by atoms with Crippen LogP contribution in [-0.2, 0) is 4.79 Å². The molecule has 3 aromatic carbocycles. The van der Waals surface area contributed by atoms with E-state index in [1.165, 1.54) is 13.0 Å². The van der Waals surface area contributed by atoms with Gasteiger partial charge in [-0.05, 0) is 30.2 Å². The number of carbonyl (C=O) groups excluding carboxylic acids is 1. The predicted molar refractivity (Wildman–Crippen MR) is 99.3 cm³/mol. The Balaban J connectivity index is 1.78. The Morgan fingerprint density at radius 2 is 1.44 bits per heavy atom. The topological polar surface area (TPSA) is 38.3 Å². The van der Waals surface area contributed by atoms with Crippen LogP contribution in [0, 0.1) is 11.6 Å². The highest BCUT2D eigenvalue weighted by Crippen LogP contribution is 2.23. The third kappa shape index (κ3) is 4.70. The van der Waals surface area contributed by atoms with E-state index in [4.69, 9.17) is 4.74 Å². The quantitative estimate of drug-likeness (QED) is 0.689. The SMILES string of the molecule is CC(Oc1ccc(F)cc1F)C(=O)NC(c1ccccc1)c1ccccc1. The van der Waals surface area contributed by atoms with Gasteiger partial charge in [-0.3, -0.25) is 4.79 Å². The van der Waals surface area contributed by atoms with E-state index in [9.17, 15) is 13.6 Å². The average molecular weight is 367 g/mol. The van der Waals surface area contributed by atoms with E-state index >= 15 is 0 Å². The Bertz CT molecular complexity index is 861. The third-order valence-corrected chi connectivity index (χ3v) is 4.12. The summed E-state index contributed by atoms with van der Waals surface area (Å²) >= 11 is 0. The van der Waals surface area contributed by atoms with Gasteiger partial charge in [0.1, 0.15) is 5.82 Å². The molecular weight excluding hydrogens is 348 g/mol. The van der Waals surface area contributed by atoms with Crippen LogP contribution in [0.2, 0.25) is 0 Å². The van der Waals surface area contributed by atoms with Crippen molar-refractivity contribution in [2.75, 3.05) is 0 Å². The molecule has 1 unspecified atom stereocenters. The normalized spacial score (nSPS) is 11.9. The lowest BCUT2D eigenvalue weighted by Gasteiger charge is -2.22. The average Bonchev–Trinajstić information content (AvgIpc) is 2.69. The minimum Gasteiger partial charge on any atom is -0.478 e. The van der Waals surface area contributed by atoms with Crippen LogP contribution in [0.25, 0.3) is 0 Å². The molecule has 3 rings (SSSR count). The maximum absolute atomic E-state index is 13.8. The molecule has 0 bridgehead atoms. The van der Waals surface area contributed by atoms with E-state index in [0.29, 0.717) is 0 Å². The molecular formula is C22H19F2NO2. The summed E-state index contributed by atoms with van der Waals surface area (Å²) in [5.74, 6) is -2.13. The number of benzene rings is 3. The Kier molecular flexibility index (Phi) is 5.81. The monoisotopic (exact) mass is 367 g/mol. The summed E-state index contributed by atoms with van der Waals surface area (Å²) in [6, 6.07) is 21.7. The Hall–Kier alpha value is -3.21. The maximum Gasteiger partial charge on any atom is 0.261 e. The number of rotatable bonds is 6. The molecule has 0 saturated carbocycles. The number of amides is 1. The second-order valence-electron chi connectivity index (χ2n) is 6.10. The predicted octanol–water partition coefficient (Wildman–Crippen LogP) is 4.64. The Morgan fingerprint density at radius 3 is 1.96 bits per heavy atom. The molecule has 0 heterocycles. The minimum absolute atomic E-state index is 0.171. The van der Waals surface area contributed by atoms with Gasteiger partial charge in [0.15, 0.2) is 17.7 Å². The molecule has 0 spiro atoms. The summed E-state index contributed by atoms with van der Waals surface area (Å²) in [6.45, 7) is 1.52. The Morgan fingerprint density at radius 1 is 0.889 bits per heavy atom. The van der Waals surface area contributed by atoms with Crippen molar-refractivity contribution in [3.05, 3.63) is 102 Å². The first-order chi connectivity index (χ1) is 13.0. The summed E-state index contributed by atoms with van der Waals surface area (Å²) in [7, 11) is 0. The van der Waals surface area contributed by atoms with Crippen molar-refractivity contribution in [1.82, 2.24) is 5.32 Å². The third-order valence-electron chi connectivity index (χ3n) is 4.12. The van der Waals surface area contributed by atoms with Crippen molar-refractivity contribution >= 4 is 5.91 Å². The largest absolute Gasteiger partial charge is 0.478 e.